The SMILES string of the molecule is CCn1nc(C)cc1C(=O)Nc1nc2cc(C(N)=O)cc(OC)c2n1C/C=C/Cn1c(NC(=O)c2cc(C)nn2CC)nc2cc(C(N)=O)cc(OC/C=C/Cn3cc(N(CCC(=O)OC)C(=O)OC(C)(C)C)cn3)c21. The predicted molar refractivity (Wildman–Crippen MR) is 280 cm³/mol. The molecule has 0 atom stereocenters. The van der Waals surface area contributed by atoms with E-state index in [-0.39, 0.29) is 79.2 Å². The Labute approximate surface area is 436 Å². The molecule has 76 heavy (non-hydrogen) atoms. The molecule has 0 aliphatic carbocycles. The molecule has 0 fully saturated rings. The van der Waals surface area contributed by atoms with E-state index in [4.69, 9.17) is 40.4 Å². The van der Waals surface area contributed by atoms with Gasteiger partial charge in [-0.15, -0.1) is 0 Å². The lowest BCUT2D eigenvalue weighted by molar-refractivity contribution is -0.140. The molecule has 7 rings (SSSR count). The number of rotatable bonds is 22. The summed E-state index contributed by atoms with van der Waals surface area (Å²) in [5.41, 5.74) is 14.7. The molecule has 0 unspecified atom stereocenters. The first-order valence-electron chi connectivity index (χ1n) is 24.2. The van der Waals surface area contributed by atoms with E-state index in [9.17, 15) is 28.8 Å². The zero-order chi connectivity index (χ0) is 55.0. The number of ether oxygens (including phenoxy) is 4. The van der Waals surface area contributed by atoms with Crippen LogP contribution < -0.4 is 36.5 Å². The fraction of sp³-hybridized carbons (Fsp3) is 0.353. The van der Waals surface area contributed by atoms with Gasteiger partial charge in [0.25, 0.3) is 11.8 Å². The molecule has 0 aliphatic rings. The molecule has 0 saturated heterocycles. The van der Waals surface area contributed by atoms with E-state index in [1.54, 1.807) is 100 Å². The van der Waals surface area contributed by atoms with Gasteiger partial charge in [0, 0.05) is 50.0 Å². The monoisotopic (exact) mass is 1040 g/mol. The summed E-state index contributed by atoms with van der Waals surface area (Å²) < 4.78 is 30.5. The minimum Gasteiger partial charge on any atom is -0.494 e. The van der Waals surface area contributed by atoms with E-state index in [2.05, 4.69) is 25.9 Å². The molecule has 0 saturated carbocycles. The predicted octanol–water partition coefficient (Wildman–Crippen LogP) is 5.54. The van der Waals surface area contributed by atoms with Crippen LogP contribution in [0.1, 0.15) is 94.1 Å². The van der Waals surface area contributed by atoms with Gasteiger partial charge in [0.05, 0.1) is 61.5 Å². The molecule has 5 amide bonds. The van der Waals surface area contributed by atoms with Crippen molar-refractivity contribution in [1.29, 1.82) is 0 Å². The van der Waals surface area contributed by atoms with E-state index in [0.717, 1.165) is 0 Å². The lowest BCUT2D eigenvalue weighted by atomic mass is 10.1. The third-order valence-corrected chi connectivity index (χ3v) is 11.6. The number of nitrogens with two attached hydrogens (primary N) is 2. The number of aromatic nitrogens is 10. The average molecular weight is 1040 g/mol. The lowest BCUT2D eigenvalue weighted by Gasteiger charge is -2.26. The second-order valence-electron chi connectivity index (χ2n) is 18.2. The van der Waals surface area contributed by atoms with Gasteiger partial charge in [0.2, 0.25) is 23.7 Å². The van der Waals surface area contributed by atoms with Crippen molar-refractivity contribution >= 4 is 75.3 Å². The molecule has 0 aliphatic heterocycles. The second kappa shape index (κ2) is 23.3. The molecule has 0 bridgehead atoms. The van der Waals surface area contributed by atoms with Crippen molar-refractivity contribution < 1.29 is 47.7 Å². The van der Waals surface area contributed by atoms with E-state index < -0.39 is 41.3 Å². The average Bonchev–Trinajstić information content (AvgIpc) is 4.23. The summed E-state index contributed by atoms with van der Waals surface area (Å²) in [4.78, 5) is 88.7. The molecule has 25 heteroatoms. The number of fused-ring (bicyclic) bond motifs is 2. The van der Waals surface area contributed by atoms with Crippen LogP contribution in [0.5, 0.6) is 11.5 Å². The maximum atomic E-state index is 14.0. The molecule has 2 aromatic carbocycles. The van der Waals surface area contributed by atoms with Crippen molar-refractivity contribution in [3.8, 4) is 11.5 Å². The van der Waals surface area contributed by atoms with Crippen molar-refractivity contribution in [2.45, 2.75) is 93.2 Å². The number of imidazole rings is 2. The Hall–Kier alpha value is -9.29. The second-order valence-corrected chi connectivity index (χ2v) is 18.2. The van der Waals surface area contributed by atoms with Crippen molar-refractivity contribution in [1.82, 2.24) is 48.4 Å². The molecule has 25 nitrogen and oxygen atoms in total. The maximum absolute atomic E-state index is 14.0. The molecule has 7 aromatic rings. The van der Waals surface area contributed by atoms with Gasteiger partial charge in [-0.05, 0) is 90.9 Å². The molecule has 400 valence electrons. The summed E-state index contributed by atoms with van der Waals surface area (Å²) in [6.45, 7) is 13.8. The quantitative estimate of drug-likeness (QED) is 0.0479. The highest BCUT2D eigenvalue weighted by Gasteiger charge is 2.27. The number of allylic oxidation sites excluding steroid dienone is 3. The van der Waals surface area contributed by atoms with E-state index in [1.165, 1.54) is 49.6 Å². The number of nitrogens with one attached hydrogen (secondary N) is 2. The van der Waals surface area contributed by atoms with Crippen LogP contribution in [-0.2, 0) is 47.0 Å². The Balaban J connectivity index is 1.20. The van der Waals surface area contributed by atoms with Crippen LogP contribution in [0.2, 0.25) is 0 Å². The van der Waals surface area contributed by atoms with Crippen LogP contribution in [0.4, 0.5) is 22.4 Å². The van der Waals surface area contributed by atoms with Crippen LogP contribution in [0.25, 0.3) is 22.1 Å². The number of hydrogen-bond acceptors (Lipinski definition) is 15. The van der Waals surface area contributed by atoms with E-state index in [1.807, 2.05) is 13.8 Å². The minimum absolute atomic E-state index is 0.00188. The topological polar surface area (TPSA) is 308 Å². The van der Waals surface area contributed by atoms with E-state index >= 15 is 0 Å². The molecule has 5 aromatic heterocycles. The molecule has 0 spiro atoms. The Morgan fingerprint density at radius 3 is 1.71 bits per heavy atom. The first-order valence-corrected chi connectivity index (χ1v) is 24.2. The number of methoxy groups -OCH3 is 2. The van der Waals surface area contributed by atoms with Crippen molar-refractivity contribution in [2.24, 2.45) is 11.5 Å². The lowest BCUT2D eigenvalue weighted by Crippen LogP contribution is -2.38. The van der Waals surface area contributed by atoms with E-state index in [0.29, 0.717) is 58.1 Å². The molecule has 6 N–H and O–H groups in total. The summed E-state index contributed by atoms with van der Waals surface area (Å²) in [5, 5.41) is 19.0. The van der Waals surface area contributed by atoms with Gasteiger partial charge in [0.15, 0.2) is 0 Å². The summed E-state index contributed by atoms with van der Waals surface area (Å²) in [5.74, 6) is -2.14. The summed E-state index contributed by atoms with van der Waals surface area (Å²) >= 11 is 0. The number of benzene rings is 2. The Morgan fingerprint density at radius 2 is 1.22 bits per heavy atom. The van der Waals surface area contributed by atoms with Gasteiger partial charge in [-0.25, -0.2) is 14.8 Å². The van der Waals surface area contributed by atoms with Crippen molar-refractivity contribution in [3.05, 3.63) is 107 Å². The third kappa shape index (κ3) is 12.5. The van der Waals surface area contributed by atoms with Crippen LogP contribution >= 0.6 is 0 Å². The summed E-state index contributed by atoms with van der Waals surface area (Å²) in [6.07, 6.45) is 9.52. The fourth-order valence-electron chi connectivity index (χ4n) is 8.11. The minimum atomic E-state index is -0.788. The van der Waals surface area contributed by atoms with Gasteiger partial charge in [-0.1, -0.05) is 18.2 Å². The number of hydrogen-bond donors (Lipinski definition) is 4. The zero-order valence-electron chi connectivity index (χ0n) is 43.7. The molecule has 5 heterocycles. The fourth-order valence-corrected chi connectivity index (χ4v) is 8.11. The first-order chi connectivity index (χ1) is 36.2. The number of carbonyl (C=O) groups excluding carboxylic acids is 6. The molecular formula is C51H61N15O10. The Morgan fingerprint density at radius 1 is 0.711 bits per heavy atom. The highest BCUT2D eigenvalue weighted by Crippen LogP contribution is 2.33. The van der Waals surface area contributed by atoms with Crippen LogP contribution in [0, 0.1) is 13.8 Å². The largest absolute Gasteiger partial charge is 0.494 e. The first kappa shape index (κ1) is 54.5. The number of esters is 1. The Kier molecular flexibility index (Phi) is 16.7. The third-order valence-electron chi connectivity index (χ3n) is 11.6. The highest BCUT2D eigenvalue weighted by atomic mass is 16.6. The number of anilines is 3. The number of carbonyl (C=O) groups is 6. The summed E-state index contributed by atoms with van der Waals surface area (Å²) in [7, 11) is 2.71. The van der Waals surface area contributed by atoms with Gasteiger partial charge in [-0.3, -0.25) is 53.6 Å². The number of nitrogens with zero attached hydrogens (tertiary/aromatic N) is 11. The maximum Gasteiger partial charge on any atom is 0.414 e. The standard InChI is InChI=1S/C51H61N15O10/c1-10-65-37(22-30(3)59-65)46(70)57-48-55-35-24-32(44(52)68)26-39(73-8)42(35)63(48)18-12-13-19-64-43-36(56-49(64)58-47(71)38-23-31(4)60-66(38)11-2)25-33(45(53)69)27-40(43)75-21-15-14-17-61-29-34(28-54-61)62(20-16-41(67)74-9)50(72)76-51(5,6)7/h12-15,22-29H,10-11,16-21H2,1-9H3,(H2,52,68)(H2,53,69)(H,55,57,70)(H,56,58,71)/b13-12+,15-14+. The van der Waals surface area contributed by atoms with Gasteiger partial charge in [0.1, 0.15) is 46.1 Å². The van der Waals surface area contributed by atoms with Crippen LogP contribution in [0.3, 0.4) is 0 Å². The molecule has 0 radical (unpaired) electrons. The number of aryl methyl sites for hydroxylation is 4. The van der Waals surface area contributed by atoms with Gasteiger partial charge in [-0.2, -0.15) is 15.3 Å². The zero-order valence-corrected chi connectivity index (χ0v) is 43.7. The van der Waals surface area contributed by atoms with Crippen molar-refractivity contribution in [3.63, 3.8) is 0 Å². The van der Waals surface area contributed by atoms with Gasteiger partial charge >= 0.3 is 12.1 Å². The molecular weight excluding hydrogens is 983 g/mol. The van der Waals surface area contributed by atoms with Crippen molar-refractivity contribution in [2.75, 3.05) is 42.9 Å². The van der Waals surface area contributed by atoms with Crippen LogP contribution in [0.15, 0.2) is 73.1 Å². The van der Waals surface area contributed by atoms with Crippen LogP contribution in [-0.4, -0.2) is 117 Å². The van der Waals surface area contributed by atoms with Gasteiger partial charge < -0.3 is 39.5 Å². The number of primary amides is 2. The Bertz CT molecular complexity index is 3400. The highest BCUT2D eigenvalue weighted by molar-refractivity contribution is 6.05. The smallest absolute Gasteiger partial charge is 0.414 e. The summed E-state index contributed by atoms with van der Waals surface area (Å²) in [6, 6.07) is 9.33. The number of amides is 5. The normalized spacial score (nSPS) is 11.7.